The average molecular weight is 299 g/mol. The maximum absolute atomic E-state index is 12.8. The van der Waals surface area contributed by atoms with Gasteiger partial charge in [-0.1, -0.05) is 27.5 Å². The predicted octanol–water partition coefficient (Wildman–Crippen LogP) is 2.05. The maximum atomic E-state index is 12.8. The van der Waals surface area contributed by atoms with Crippen LogP contribution in [0.1, 0.15) is 18.1 Å². The summed E-state index contributed by atoms with van der Waals surface area (Å²) in [6, 6.07) is 1.07. The molecule has 1 aromatic heterocycles. The van der Waals surface area contributed by atoms with Gasteiger partial charge in [0, 0.05) is 10.9 Å². The molecule has 1 rings (SSSR count). The van der Waals surface area contributed by atoms with Gasteiger partial charge >= 0.3 is 0 Å². The van der Waals surface area contributed by atoms with Crippen LogP contribution in [-0.4, -0.2) is 26.6 Å². The second-order valence-electron chi connectivity index (χ2n) is 3.02. The second-order valence-corrected chi connectivity index (χ2v) is 4.17. The van der Waals surface area contributed by atoms with Gasteiger partial charge in [-0.15, -0.1) is 0 Å². The quantitative estimate of drug-likeness (QED) is 0.661. The zero-order valence-corrected chi connectivity index (χ0v) is 10.0. The van der Waals surface area contributed by atoms with Crippen LogP contribution in [0.15, 0.2) is 12.3 Å². The highest BCUT2D eigenvalue weighted by Gasteiger charge is 2.21. The van der Waals surface area contributed by atoms with Crippen LogP contribution in [-0.2, 0) is 0 Å². The summed E-state index contributed by atoms with van der Waals surface area (Å²) in [5, 5.41) is 19.7. The molecular formula is C9H10BrClFNO2. The Labute approximate surface area is 100 Å². The highest BCUT2D eigenvalue weighted by Crippen LogP contribution is 2.25. The number of aliphatic hydroxyl groups excluding tert-OH is 2. The summed E-state index contributed by atoms with van der Waals surface area (Å²) in [6.45, 7) is 0. The molecule has 0 aromatic carbocycles. The molecule has 0 aliphatic rings. The van der Waals surface area contributed by atoms with Crippen LogP contribution in [0.2, 0.25) is 5.15 Å². The topological polar surface area (TPSA) is 53.4 Å². The number of nitrogens with zero attached hydrogens (tertiary/aromatic N) is 1. The first-order chi connectivity index (χ1) is 7.06. The number of alkyl halides is 1. The van der Waals surface area contributed by atoms with E-state index in [1.54, 1.807) is 0 Å². The number of aliphatic hydroxyl groups is 2. The Bertz CT molecular complexity index is 340. The third-order valence-electron chi connectivity index (χ3n) is 1.92. The van der Waals surface area contributed by atoms with Crippen LogP contribution in [0.4, 0.5) is 4.39 Å². The fourth-order valence-corrected chi connectivity index (χ4v) is 1.81. The first-order valence-electron chi connectivity index (χ1n) is 4.29. The van der Waals surface area contributed by atoms with E-state index in [1.165, 1.54) is 0 Å². The van der Waals surface area contributed by atoms with Crippen LogP contribution in [0, 0.1) is 5.82 Å². The van der Waals surface area contributed by atoms with Crippen molar-refractivity contribution in [3.8, 4) is 0 Å². The molecule has 0 amide bonds. The largest absolute Gasteiger partial charge is 0.390 e. The zero-order valence-electron chi connectivity index (χ0n) is 7.70. The van der Waals surface area contributed by atoms with Crippen LogP contribution in [0.25, 0.3) is 0 Å². The molecule has 0 aliphatic carbocycles. The molecule has 0 fully saturated rings. The third kappa shape index (κ3) is 3.38. The number of halogens is 3. The molecular weight excluding hydrogens is 288 g/mol. The van der Waals surface area contributed by atoms with E-state index in [1.807, 2.05) is 0 Å². The summed E-state index contributed by atoms with van der Waals surface area (Å²) < 4.78 is 12.8. The SMILES string of the molecule is OC(CCBr)C(O)c1cc(F)cnc1Cl. The Morgan fingerprint density at radius 1 is 1.53 bits per heavy atom. The van der Waals surface area contributed by atoms with E-state index >= 15 is 0 Å². The van der Waals surface area contributed by atoms with E-state index in [-0.39, 0.29) is 10.7 Å². The van der Waals surface area contributed by atoms with Gasteiger partial charge in [0.15, 0.2) is 0 Å². The highest BCUT2D eigenvalue weighted by molar-refractivity contribution is 9.09. The molecule has 0 radical (unpaired) electrons. The molecule has 0 bridgehead atoms. The van der Waals surface area contributed by atoms with Gasteiger partial charge in [-0.2, -0.15) is 0 Å². The van der Waals surface area contributed by atoms with Crippen molar-refractivity contribution >= 4 is 27.5 Å². The van der Waals surface area contributed by atoms with Crippen molar-refractivity contribution in [2.75, 3.05) is 5.33 Å². The number of rotatable bonds is 4. The number of aromatic nitrogens is 1. The number of pyridine rings is 1. The number of hydrogen-bond acceptors (Lipinski definition) is 3. The van der Waals surface area contributed by atoms with Crippen molar-refractivity contribution in [2.45, 2.75) is 18.6 Å². The lowest BCUT2D eigenvalue weighted by Crippen LogP contribution is -2.19. The fraction of sp³-hybridized carbons (Fsp3) is 0.444. The van der Waals surface area contributed by atoms with E-state index in [0.29, 0.717) is 11.8 Å². The smallest absolute Gasteiger partial charge is 0.141 e. The molecule has 2 atom stereocenters. The van der Waals surface area contributed by atoms with Crippen molar-refractivity contribution < 1.29 is 14.6 Å². The van der Waals surface area contributed by atoms with Crippen LogP contribution < -0.4 is 0 Å². The Kier molecular flexibility index (Phi) is 4.92. The van der Waals surface area contributed by atoms with Gasteiger partial charge in [0.25, 0.3) is 0 Å². The number of hydrogen-bond donors (Lipinski definition) is 2. The highest BCUT2D eigenvalue weighted by atomic mass is 79.9. The minimum Gasteiger partial charge on any atom is -0.390 e. The predicted molar refractivity (Wildman–Crippen MR) is 58.6 cm³/mol. The lowest BCUT2D eigenvalue weighted by Gasteiger charge is -2.17. The first-order valence-corrected chi connectivity index (χ1v) is 5.79. The molecule has 3 nitrogen and oxygen atoms in total. The molecule has 84 valence electrons. The van der Waals surface area contributed by atoms with Gasteiger partial charge in [-0.05, 0) is 12.5 Å². The van der Waals surface area contributed by atoms with E-state index in [4.69, 9.17) is 11.6 Å². The Hall–Kier alpha value is -0.230. The Balaban J connectivity index is 2.89. The van der Waals surface area contributed by atoms with Gasteiger partial charge in [-0.3, -0.25) is 0 Å². The van der Waals surface area contributed by atoms with E-state index < -0.39 is 18.0 Å². The summed E-state index contributed by atoms with van der Waals surface area (Å²) >= 11 is 8.80. The molecule has 0 spiro atoms. The summed E-state index contributed by atoms with van der Waals surface area (Å²) in [5.41, 5.74) is 0.102. The molecule has 0 saturated heterocycles. The first kappa shape index (κ1) is 12.8. The summed E-state index contributed by atoms with van der Waals surface area (Å²) in [6.07, 6.45) is -0.924. The summed E-state index contributed by atoms with van der Waals surface area (Å²) in [5.74, 6) is -0.598. The second kappa shape index (κ2) is 5.75. The molecule has 1 heterocycles. The van der Waals surface area contributed by atoms with E-state index in [0.717, 1.165) is 12.3 Å². The van der Waals surface area contributed by atoms with Crippen molar-refractivity contribution in [1.82, 2.24) is 4.98 Å². The van der Waals surface area contributed by atoms with Crippen molar-refractivity contribution in [3.05, 3.63) is 28.8 Å². The molecule has 15 heavy (non-hydrogen) atoms. The molecule has 2 N–H and O–H groups in total. The van der Waals surface area contributed by atoms with Crippen molar-refractivity contribution in [1.29, 1.82) is 0 Å². The molecule has 2 unspecified atom stereocenters. The van der Waals surface area contributed by atoms with Crippen molar-refractivity contribution in [2.24, 2.45) is 0 Å². The lowest BCUT2D eigenvalue weighted by atomic mass is 10.0. The monoisotopic (exact) mass is 297 g/mol. The van der Waals surface area contributed by atoms with E-state index in [9.17, 15) is 14.6 Å². The van der Waals surface area contributed by atoms with Gasteiger partial charge in [0.05, 0.1) is 12.3 Å². The van der Waals surface area contributed by atoms with Crippen molar-refractivity contribution in [3.63, 3.8) is 0 Å². The molecule has 0 saturated carbocycles. The van der Waals surface area contributed by atoms with Crippen LogP contribution in [0.5, 0.6) is 0 Å². The molecule has 6 heteroatoms. The molecule has 1 aromatic rings. The zero-order chi connectivity index (χ0) is 11.4. The summed E-state index contributed by atoms with van der Waals surface area (Å²) in [4.78, 5) is 3.55. The summed E-state index contributed by atoms with van der Waals surface area (Å²) in [7, 11) is 0. The standard InChI is InChI=1S/C9H10BrClFNO2/c10-2-1-7(14)8(15)6-3-5(12)4-13-9(6)11/h3-4,7-8,14-15H,1-2H2. The van der Waals surface area contributed by atoms with Crippen LogP contribution >= 0.6 is 27.5 Å². The van der Waals surface area contributed by atoms with E-state index in [2.05, 4.69) is 20.9 Å². The third-order valence-corrected chi connectivity index (χ3v) is 2.69. The van der Waals surface area contributed by atoms with Gasteiger partial charge in [0.1, 0.15) is 17.1 Å². The van der Waals surface area contributed by atoms with Crippen LogP contribution in [0.3, 0.4) is 0 Å². The van der Waals surface area contributed by atoms with Gasteiger partial charge in [0.2, 0.25) is 0 Å². The fourth-order valence-electron chi connectivity index (χ4n) is 1.12. The maximum Gasteiger partial charge on any atom is 0.141 e. The minimum atomic E-state index is -1.22. The Morgan fingerprint density at radius 2 is 2.20 bits per heavy atom. The average Bonchev–Trinajstić information content (AvgIpc) is 2.21. The van der Waals surface area contributed by atoms with Gasteiger partial charge in [-0.25, -0.2) is 9.37 Å². The Morgan fingerprint density at radius 3 is 2.80 bits per heavy atom. The molecule has 0 aliphatic heterocycles. The normalized spacial score (nSPS) is 15.0. The lowest BCUT2D eigenvalue weighted by molar-refractivity contribution is 0.0170. The van der Waals surface area contributed by atoms with Gasteiger partial charge < -0.3 is 10.2 Å². The minimum absolute atomic E-state index is 0.00229.